The Bertz CT molecular complexity index is 1060. The van der Waals surface area contributed by atoms with Crippen LogP contribution in [0.1, 0.15) is 49.7 Å². The zero-order valence-electron chi connectivity index (χ0n) is 20.6. The van der Waals surface area contributed by atoms with E-state index in [1.54, 1.807) is 24.8 Å². The van der Waals surface area contributed by atoms with Crippen LogP contribution in [-0.2, 0) is 9.59 Å². The number of nitrogens with zero attached hydrogens (tertiary/aromatic N) is 2. The maximum absolute atomic E-state index is 10.7. The van der Waals surface area contributed by atoms with Gasteiger partial charge in [-0.3, -0.25) is 19.6 Å². The number of carboxylic acid groups (broad SMARTS) is 2. The van der Waals surface area contributed by atoms with Crippen molar-refractivity contribution >= 4 is 11.9 Å². The third-order valence-corrected chi connectivity index (χ3v) is 5.51. The van der Waals surface area contributed by atoms with Crippen LogP contribution in [0, 0.1) is 0 Å². The first-order chi connectivity index (χ1) is 17.5. The molecule has 0 saturated heterocycles. The molecule has 0 aliphatic heterocycles. The van der Waals surface area contributed by atoms with Gasteiger partial charge in [-0.2, -0.15) is 0 Å². The molecule has 2 aromatic heterocycles. The summed E-state index contributed by atoms with van der Waals surface area (Å²) in [6, 6.07) is 26.5. The first kappa shape index (κ1) is 27.9. The maximum Gasteiger partial charge on any atom is 0.310 e. The number of pyridine rings is 2. The molecule has 0 unspecified atom stereocenters. The van der Waals surface area contributed by atoms with Gasteiger partial charge in [-0.1, -0.05) is 74.5 Å². The van der Waals surface area contributed by atoms with Crippen molar-refractivity contribution in [2.45, 2.75) is 38.5 Å². The van der Waals surface area contributed by atoms with Crippen LogP contribution in [0.5, 0.6) is 0 Å². The number of aliphatic carboxylic acids is 2. The van der Waals surface area contributed by atoms with E-state index in [1.807, 2.05) is 98.8 Å². The van der Waals surface area contributed by atoms with Crippen LogP contribution in [-0.4, -0.2) is 32.1 Å². The van der Waals surface area contributed by atoms with Crippen molar-refractivity contribution in [3.05, 3.63) is 121 Å². The van der Waals surface area contributed by atoms with Crippen LogP contribution in [0.3, 0.4) is 0 Å². The second kappa shape index (κ2) is 15.6. The van der Waals surface area contributed by atoms with Crippen molar-refractivity contribution in [1.82, 2.24) is 9.97 Å². The molecule has 4 aromatic rings. The lowest BCUT2D eigenvalue weighted by Gasteiger charge is -2.08. The summed E-state index contributed by atoms with van der Waals surface area (Å²) in [6.07, 6.45) is 8.43. The van der Waals surface area contributed by atoms with Crippen LogP contribution in [0.25, 0.3) is 11.1 Å². The second-order valence-electron chi connectivity index (χ2n) is 7.89. The standard InChI is InChI=1S/C10H8N2.2C10H12O2/c1-5-11-6-2-9(1)10-3-7-12-8-4-10;2*1-2-9(10(11)12)8-6-4-3-5-7-8/h1-8H;2*3-7,9H,2H2,1H3,(H,11,12)/t;2*9-/m.10/s1. The van der Waals surface area contributed by atoms with Crippen molar-refractivity contribution in [1.29, 1.82) is 0 Å². The largest absolute Gasteiger partial charge is 0.481 e. The molecule has 0 aliphatic rings. The lowest BCUT2D eigenvalue weighted by molar-refractivity contribution is -0.139. The van der Waals surface area contributed by atoms with E-state index in [0.717, 1.165) is 11.1 Å². The van der Waals surface area contributed by atoms with Gasteiger partial charge in [0, 0.05) is 24.8 Å². The van der Waals surface area contributed by atoms with Crippen LogP contribution in [0.2, 0.25) is 0 Å². The van der Waals surface area contributed by atoms with Crippen LogP contribution >= 0.6 is 0 Å². The predicted octanol–water partition coefficient (Wildman–Crippen LogP) is 6.67. The fourth-order valence-corrected chi connectivity index (χ4v) is 3.57. The SMILES string of the molecule is CC[C@@H](C(=O)O)c1ccccc1.CC[C@H](C(=O)O)c1ccccc1.c1cc(-c2ccncc2)ccn1. The Labute approximate surface area is 212 Å². The quantitative estimate of drug-likeness (QED) is 0.304. The highest BCUT2D eigenvalue weighted by Gasteiger charge is 2.16. The number of carboxylic acids is 2. The van der Waals surface area contributed by atoms with Crippen LogP contribution < -0.4 is 0 Å². The summed E-state index contributed by atoms with van der Waals surface area (Å²) in [7, 11) is 0. The van der Waals surface area contributed by atoms with Gasteiger partial charge in [0.2, 0.25) is 0 Å². The summed E-state index contributed by atoms with van der Waals surface area (Å²) >= 11 is 0. The number of hydrogen-bond acceptors (Lipinski definition) is 4. The van der Waals surface area contributed by atoms with E-state index in [-0.39, 0.29) is 11.8 Å². The summed E-state index contributed by atoms with van der Waals surface area (Å²) in [5.41, 5.74) is 4.11. The van der Waals surface area contributed by atoms with Gasteiger partial charge in [0.15, 0.2) is 0 Å². The Morgan fingerprint density at radius 1 is 0.583 bits per heavy atom. The smallest absolute Gasteiger partial charge is 0.310 e. The van der Waals surface area contributed by atoms with Gasteiger partial charge in [-0.25, -0.2) is 0 Å². The topological polar surface area (TPSA) is 100 Å². The zero-order valence-corrected chi connectivity index (χ0v) is 20.6. The van der Waals surface area contributed by atoms with Crippen molar-refractivity contribution in [2.75, 3.05) is 0 Å². The molecule has 0 spiro atoms. The highest BCUT2D eigenvalue weighted by atomic mass is 16.4. The normalized spacial score (nSPS) is 11.5. The number of carbonyl (C=O) groups is 2. The third kappa shape index (κ3) is 9.14. The summed E-state index contributed by atoms with van der Waals surface area (Å²) in [5.74, 6) is -2.20. The van der Waals surface area contributed by atoms with E-state index in [1.165, 1.54) is 11.1 Å². The first-order valence-corrected chi connectivity index (χ1v) is 11.8. The van der Waals surface area contributed by atoms with E-state index in [0.29, 0.717) is 12.8 Å². The van der Waals surface area contributed by atoms with Gasteiger partial charge in [0.1, 0.15) is 0 Å². The summed E-state index contributed by atoms with van der Waals surface area (Å²) in [5, 5.41) is 17.7. The molecule has 0 saturated carbocycles. The fourth-order valence-electron chi connectivity index (χ4n) is 3.57. The van der Waals surface area contributed by atoms with Gasteiger partial charge in [0.05, 0.1) is 11.8 Å². The molecule has 0 amide bonds. The minimum Gasteiger partial charge on any atom is -0.481 e. The summed E-state index contributed by atoms with van der Waals surface area (Å²) in [6.45, 7) is 3.76. The minimum atomic E-state index is -0.747. The molecule has 2 aromatic carbocycles. The summed E-state index contributed by atoms with van der Waals surface area (Å²) in [4.78, 5) is 29.4. The number of rotatable bonds is 7. The number of aromatic nitrogens is 2. The monoisotopic (exact) mass is 484 g/mol. The molecule has 6 heteroatoms. The molecule has 4 rings (SSSR count). The van der Waals surface area contributed by atoms with Crippen molar-refractivity contribution in [2.24, 2.45) is 0 Å². The lowest BCUT2D eigenvalue weighted by Crippen LogP contribution is -2.09. The van der Waals surface area contributed by atoms with Gasteiger partial charge in [-0.15, -0.1) is 0 Å². The molecular formula is C30H32N2O4. The van der Waals surface area contributed by atoms with Crippen molar-refractivity contribution < 1.29 is 19.8 Å². The van der Waals surface area contributed by atoms with Gasteiger partial charge in [-0.05, 0) is 59.4 Å². The molecule has 0 radical (unpaired) electrons. The van der Waals surface area contributed by atoms with E-state index in [2.05, 4.69) is 9.97 Å². The van der Waals surface area contributed by atoms with E-state index in [4.69, 9.17) is 10.2 Å². The molecule has 2 atom stereocenters. The third-order valence-electron chi connectivity index (χ3n) is 5.51. The van der Waals surface area contributed by atoms with Gasteiger partial charge < -0.3 is 10.2 Å². The Morgan fingerprint density at radius 3 is 1.14 bits per heavy atom. The average Bonchev–Trinajstić information content (AvgIpc) is 2.92. The van der Waals surface area contributed by atoms with E-state index in [9.17, 15) is 9.59 Å². The Morgan fingerprint density at radius 2 is 0.889 bits per heavy atom. The molecule has 6 nitrogen and oxygen atoms in total. The minimum absolute atomic E-state index is 0.355. The van der Waals surface area contributed by atoms with Crippen molar-refractivity contribution in [3.63, 3.8) is 0 Å². The first-order valence-electron chi connectivity index (χ1n) is 11.8. The molecule has 2 N–H and O–H groups in total. The zero-order chi connectivity index (χ0) is 26.2. The van der Waals surface area contributed by atoms with Gasteiger partial charge >= 0.3 is 11.9 Å². The second-order valence-corrected chi connectivity index (χ2v) is 7.89. The molecular weight excluding hydrogens is 452 g/mol. The molecule has 0 fully saturated rings. The number of benzene rings is 2. The van der Waals surface area contributed by atoms with Crippen LogP contribution in [0.4, 0.5) is 0 Å². The average molecular weight is 485 g/mol. The Balaban J connectivity index is 0.000000190. The number of hydrogen-bond donors (Lipinski definition) is 2. The highest BCUT2D eigenvalue weighted by Crippen LogP contribution is 2.19. The Hall–Kier alpha value is -4.32. The summed E-state index contributed by atoms with van der Waals surface area (Å²) < 4.78 is 0. The maximum atomic E-state index is 10.7. The van der Waals surface area contributed by atoms with Crippen molar-refractivity contribution in [3.8, 4) is 11.1 Å². The molecule has 0 bridgehead atoms. The van der Waals surface area contributed by atoms with E-state index >= 15 is 0 Å². The fraction of sp³-hybridized carbons (Fsp3) is 0.200. The van der Waals surface area contributed by atoms with E-state index < -0.39 is 11.9 Å². The van der Waals surface area contributed by atoms with Crippen LogP contribution in [0.15, 0.2) is 110 Å². The predicted molar refractivity (Wildman–Crippen MR) is 142 cm³/mol. The lowest BCUT2D eigenvalue weighted by atomic mass is 9.97. The molecule has 186 valence electrons. The van der Waals surface area contributed by atoms with Gasteiger partial charge in [0.25, 0.3) is 0 Å². The molecule has 0 aliphatic carbocycles. The molecule has 36 heavy (non-hydrogen) atoms. The highest BCUT2D eigenvalue weighted by molar-refractivity contribution is 5.76. The molecule has 2 heterocycles. The Kier molecular flexibility index (Phi) is 12.1.